The molecule has 4 nitrogen and oxygen atoms in total. The fourth-order valence-electron chi connectivity index (χ4n) is 7.74. The molecule has 27 heavy (non-hydrogen) atoms. The van der Waals surface area contributed by atoms with Gasteiger partial charge in [-0.05, 0) is 61.5 Å². The summed E-state index contributed by atoms with van der Waals surface area (Å²) in [6.07, 6.45) is 9.66. The van der Waals surface area contributed by atoms with Crippen molar-refractivity contribution < 1.29 is 19.4 Å². The van der Waals surface area contributed by atoms with E-state index in [1.165, 1.54) is 5.57 Å². The van der Waals surface area contributed by atoms with Crippen LogP contribution >= 0.6 is 0 Å². The third kappa shape index (κ3) is 2.32. The fraction of sp³-hybridized carbons (Fsp3) is 0.783. The quantitative estimate of drug-likeness (QED) is 0.733. The molecule has 0 radical (unpaired) electrons. The Morgan fingerprint density at radius 3 is 2.63 bits per heavy atom. The minimum atomic E-state index is -0.532. The van der Waals surface area contributed by atoms with Crippen molar-refractivity contribution in [2.24, 2.45) is 34.5 Å². The first-order chi connectivity index (χ1) is 12.8. The number of allylic oxidation sites excluding steroid dienone is 4. The Bertz CT molecular complexity index is 731. The Morgan fingerprint density at radius 2 is 1.89 bits per heavy atom. The molecule has 1 heterocycles. The monoisotopic (exact) mass is 372 g/mol. The van der Waals surface area contributed by atoms with E-state index in [0.29, 0.717) is 49.4 Å². The van der Waals surface area contributed by atoms with Crippen LogP contribution in [0, 0.1) is 34.5 Å². The second-order valence-corrected chi connectivity index (χ2v) is 10.2. The van der Waals surface area contributed by atoms with Gasteiger partial charge in [0.05, 0.1) is 19.0 Å². The van der Waals surface area contributed by atoms with Crippen molar-refractivity contribution in [2.45, 2.75) is 65.1 Å². The molecule has 0 amide bonds. The van der Waals surface area contributed by atoms with Crippen LogP contribution in [-0.4, -0.2) is 29.9 Å². The van der Waals surface area contributed by atoms with Crippen LogP contribution in [0.25, 0.3) is 0 Å². The Labute approximate surface area is 162 Å². The number of carbonyl (C=O) groups is 1. The summed E-state index contributed by atoms with van der Waals surface area (Å²) in [5, 5.41) is 10.0. The lowest BCUT2D eigenvalue weighted by atomic mass is 9.47. The molecule has 148 valence electrons. The lowest BCUT2D eigenvalue weighted by Crippen LogP contribution is -2.56. The zero-order valence-electron chi connectivity index (χ0n) is 16.8. The first kappa shape index (κ1) is 17.9. The van der Waals surface area contributed by atoms with Gasteiger partial charge >= 0.3 is 0 Å². The predicted molar refractivity (Wildman–Crippen MR) is 102 cm³/mol. The molecule has 3 fully saturated rings. The number of hydrogen-bond acceptors (Lipinski definition) is 4. The van der Waals surface area contributed by atoms with Gasteiger partial charge < -0.3 is 14.6 Å². The van der Waals surface area contributed by atoms with Crippen molar-refractivity contribution in [3.8, 4) is 0 Å². The second kappa shape index (κ2) is 5.70. The van der Waals surface area contributed by atoms with Crippen molar-refractivity contribution in [3.63, 3.8) is 0 Å². The first-order valence-corrected chi connectivity index (χ1v) is 10.7. The van der Waals surface area contributed by atoms with Gasteiger partial charge in [-0.15, -0.1) is 0 Å². The largest absolute Gasteiger partial charge is 0.512 e. The number of aliphatic hydroxyl groups is 1. The molecule has 0 aromatic heterocycles. The van der Waals surface area contributed by atoms with Gasteiger partial charge in [0.25, 0.3) is 0 Å². The number of rotatable bonds is 1. The van der Waals surface area contributed by atoms with Gasteiger partial charge in [-0.1, -0.05) is 19.9 Å². The summed E-state index contributed by atoms with van der Waals surface area (Å²) >= 11 is 0. The number of ketones is 1. The number of hydrogen-bond donors (Lipinski definition) is 1. The highest BCUT2D eigenvalue weighted by Gasteiger charge is 2.65. The maximum absolute atomic E-state index is 13.6. The van der Waals surface area contributed by atoms with Gasteiger partial charge in [-0.2, -0.15) is 0 Å². The lowest BCUT2D eigenvalue weighted by molar-refractivity contribution is -0.212. The Balaban J connectivity index is 1.52. The molecular weight excluding hydrogens is 340 g/mol. The number of aliphatic hydroxyl groups excluding tert-OH is 1. The molecular formula is C23H32O4. The van der Waals surface area contributed by atoms with Crippen LogP contribution < -0.4 is 0 Å². The third-order valence-corrected chi connectivity index (χ3v) is 8.93. The van der Waals surface area contributed by atoms with E-state index < -0.39 is 5.79 Å². The number of fused-ring (bicyclic) bond motifs is 5. The molecule has 0 aromatic carbocycles. The van der Waals surface area contributed by atoms with E-state index in [9.17, 15) is 9.90 Å². The number of carbonyl (C=O) groups excluding carboxylic acids is 1. The molecule has 0 aromatic rings. The Morgan fingerprint density at radius 1 is 1.15 bits per heavy atom. The topological polar surface area (TPSA) is 55.8 Å². The molecule has 0 spiro atoms. The van der Waals surface area contributed by atoms with Gasteiger partial charge in [0.2, 0.25) is 0 Å². The summed E-state index contributed by atoms with van der Waals surface area (Å²) in [4.78, 5) is 13.6. The van der Waals surface area contributed by atoms with Gasteiger partial charge in [0, 0.05) is 30.1 Å². The number of ether oxygens (including phenoxy) is 2. The smallest absolute Gasteiger partial charge is 0.169 e. The molecule has 4 heteroatoms. The van der Waals surface area contributed by atoms with Gasteiger partial charge in [0.15, 0.2) is 5.79 Å². The van der Waals surface area contributed by atoms with Crippen molar-refractivity contribution in [3.05, 3.63) is 23.5 Å². The summed E-state index contributed by atoms with van der Waals surface area (Å²) in [5.74, 6) is 1.70. The lowest BCUT2D eigenvalue weighted by Gasteiger charge is -2.56. The van der Waals surface area contributed by atoms with Crippen LogP contribution in [0.5, 0.6) is 0 Å². The average molecular weight is 373 g/mol. The molecule has 1 saturated heterocycles. The zero-order valence-corrected chi connectivity index (χ0v) is 16.8. The maximum atomic E-state index is 13.6. The van der Waals surface area contributed by atoms with Crippen molar-refractivity contribution in [1.82, 2.24) is 0 Å². The van der Waals surface area contributed by atoms with Crippen LogP contribution in [0.4, 0.5) is 0 Å². The molecule has 5 aliphatic rings. The second-order valence-electron chi connectivity index (χ2n) is 10.2. The third-order valence-electron chi connectivity index (χ3n) is 8.93. The minimum Gasteiger partial charge on any atom is -0.512 e. The molecule has 6 atom stereocenters. The van der Waals surface area contributed by atoms with E-state index in [1.807, 2.05) is 6.08 Å². The van der Waals surface area contributed by atoms with E-state index in [1.54, 1.807) is 0 Å². The molecule has 2 saturated carbocycles. The normalized spacial score (nSPS) is 48.3. The summed E-state index contributed by atoms with van der Waals surface area (Å²) in [7, 11) is 0. The molecule has 0 unspecified atom stereocenters. The maximum Gasteiger partial charge on any atom is 0.169 e. The summed E-state index contributed by atoms with van der Waals surface area (Å²) in [5.41, 5.74) is 1.04. The molecule has 1 aliphatic heterocycles. The van der Waals surface area contributed by atoms with E-state index >= 15 is 0 Å². The van der Waals surface area contributed by atoms with E-state index in [-0.39, 0.29) is 22.7 Å². The van der Waals surface area contributed by atoms with Crippen molar-refractivity contribution >= 4 is 5.78 Å². The highest BCUT2D eigenvalue weighted by atomic mass is 16.7. The minimum absolute atomic E-state index is 0.0360. The Hall–Kier alpha value is -1.13. The van der Waals surface area contributed by atoms with Crippen LogP contribution in [-0.2, 0) is 14.3 Å². The van der Waals surface area contributed by atoms with Crippen LogP contribution in [0.2, 0.25) is 0 Å². The zero-order chi connectivity index (χ0) is 19.0. The van der Waals surface area contributed by atoms with Crippen LogP contribution in [0.15, 0.2) is 23.5 Å². The molecule has 4 aliphatic carbocycles. The number of Topliss-reactive ketones (excluding diaryl/α,β-unsaturated/α-hetero) is 1. The van der Waals surface area contributed by atoms with Gasteiger partial charge in [0.1, 0.15) is 5.78 Å². The van der Waals surface area contributed by atoms with E-state index in [4.69, 9.17) is 9.47 Å². The first-order valence-electron chi connectivity index (χ1n) is 10.7. The molecule has 1 N–H and O–H groups in total. The molecule has 5 rings (SSSR count). The standard InChI is InChI=1S/C23H32O4/c1-21-9-8-15(24)12-14(21)4-5-16-17-6-7-19(23(3)26-10-11-27-23)22(17,2)13-18(25)20(16)21/h4,12,16-17,19-20,24H,5-11,13H2,1-3H3/t16-,17-,19-,20+,21-,22-/m0/s1. The van der Waals surface area contributed by atoms with Crippen molar-refractivity contribution in [2.75, 3.05) is 13.2 Å². The van der Waals surface area contributed by atoms with E-state index in [2.05, 4.69) is 26.8 Å². The SMILES string of the molecule is CC1([C@H]2CC[C@H]3[C@@H]4CC=C5C=C(O)CC[C@]5(C)[C@H]4C(=O)C[C@]23C)OCCO1. The molecule has 0 bridgehead atoms. The van der Waals surface area contributed by atoms with Gasteiger partial charge in [-0.3, -0.25) is 4.79 Å². The van der Waals surface area contributed by atoms with Crippen molar-refractivity contribution in [1.29, 1.82) is 0 Å². The Kier molecular flexibility index (Phi) is 3.78. The highest BCUT2D eigenvalue weighted by Crippen LogP contribution is 2.66. The summed E-state index contributed by atoms with van der Waals surface area (Å²) in [6, 6.07) is 0. The van der Waals surface area contributed by atoms with Crippen LogP contribution in [0.3, 0.4) is 0 Å². The predicted octanol–water partition coefficient (Wildman–Crippen LogP) is 4.56. The summed E-state index contributed by atoms with van der Waals surface area (Å²) < 4.78 is 12.1. The highest BCUT2D eigenvalue weighted by molar-refractivity contribution is 5.85. The van der Waals surface area contributed by atoms with E-state index in [0.717, 1.165) is 25.7 Å². The fourth-order valence-corrected chi connectivity index (χ4v) is 7.74. The van der Waals surface area contributed by atoms with Crippen LogP contribution in [0.1, 0.15) is 59.3 Å². The van der Waals surface area contributed by atoms with Gasteiger partial charge in [-0.25, -0.2) is 0 Å². The summed E-state index contributed by atoms with van der Waals surface area (Å²) in [6.45, 7) is 8.00. The average Bonchev–Trinajstić information content (AvgIpc) is 3.19.